The molecule has 188 valence electrons. The molecule has 13 nitrogen and oxygen atoms in total. The second-order valence-electron chi connectivity index (χ2n) is 7.55. The fourth-order valence-electron chi connectivity index (χ4n) is 3.06. The van der Waals surface area contributed by atoms with Crippen LogP contribution in [0.5, 0.6) is 5.75 Å². The number of nitrogens with one attached hydrogen (secondary N) is 5. The van der Waals surface area contributed by atoms with Gasteiger partial charge in [-0.05, 0) is 36.2 Å². The summed E-state index contributed by atoms with van der Waals surface area (Å²) in [4.78, 5) is 75.9. The zero-order valence-corrected chi connectivity index (χ0v) is 19.5. The van der Waals surface area contributed by atoms with Crippen molar-refractivity contribution < 1.29 is 29.4 Å². The van der Waals surface area contributed by atoms with E-state index < -0.39 is 47.5 Å². The standard InChI is InChI=1S/C22H21N5O8S/c1-10-5-15(19(31)23-8-11-3-2-4-12(28)6-11)36-17(10)20(32)25-14(21(33)34)9-24-18(30)13-7-16(29)27-22(35)26-13/h2-7,14,28H,8-9H2,1H3,(H,23,31)(H,24,30)(H,25,32)(H,33,34)(H2,26,27,29,35)/t14-/m0/s1. The summed E-state index contributed by atoms with van der Waals surface area (Å²) in [5.41, 5.74) is -0.998. The molecule has 0 saturated carbocycles. The fourth-order valence-corrected chi connectivity index (χ4v) is 4.05. The Balaban J connectivity index is 1.63. The summed E-state index contributed by atoms with van der Waals surface area (Å²) < 4.78 is 0. The molecule has 7 N–H and O–H groups in total. The van der Waals surface area contributed by atoms with Gasteiger partial charge in [0.05, 0.1) is 9.75 Å². The maximum atomic E-state index is 12.7. The fraction of sp³-hybridized carbons (Fsp3) is 0.182. The van der Waals surface area contributed by atoms with Gasteiger partial charge in [-0.2, -0.15) is 0 Å². The van der Waals surface area contributed by atoms with Crippen LogP contribution in [0.1, 0.15) is 41.0 Å². The van der Waals surface area contributed by atoms with Crippen LogP contribution < -0.4 is 27.2 Å². The molecule has 3 rings (SSSR count). The molecule has 0 fully saturated rings. The van der Waals surface area contributed by atoms with E-state index in [0.717, 1.165) is 17.4 Å². The number of aliphatic carboxylic acids is 1. The lowest BCUT2D eigenvalue weighted by Gasteiger charge is -2.15. The molecule has 2 aromatic heterocycles. The summed E-state index contributed by atoms with van der Waals surface area (Å²) in [6, 6.07) is 7.12. The van der Waals surface area contributed by atoms with Crippen LogP contribution in [0.4, 0.5) is 0 Å². The number of carboxylic acid groups (broad SMARTS) is 1. The Hall–Kier alpha value is -4.72. The topological polar surface area (TPSA) is 211 Å². The number of H-pyrrole nitrogens is 2. The quantitative estimate of drug-likeness (QED) is 0.200. The Morgan fingerprint density at radius 3 is 2.42 bits per heavy atom. The van der Waals surface area contributed by atoms with Crippen LogP contribution >= 0.6 is 11.3 Å². The molecule has 3 aromatic rings. The van der Waals surface area contributed by atoms with Crippen molar-refractivity contribution in [2.75, 3.05) is 6.54 Å². The number of hydrogen-bond acceptors (Lipinski definition) is 8. The van der Waals surface area contributed by atoms with Crippen LogP contribution in [-0.4, -0.2) is 56.5 Å². The Bertz CT molecular complexity index is 1410. The second-order valence-corrected chi connectivity index (χ2v) is 8.60. The summed E-state index contributed by atoms with van der Waals surface area (Å²) in [5, 5.41) is 26.1. The van der Waals surface area contributed by atoms with E-state index in [1.165, 1.54) is 18.2 Å². The van der Waals surface area contributed by atoms with Crippen molar-refractivity contribution in [2.45, 2.75) is 19.5 Å². The van der Waals surface area contributed by atoms with Gasteiger partial charge in [-0.1, -0.05) is 12.1 Å². The molecule has 0 aliphatic rings. The van der Waals surface area contributed by atoms with E-state index in [2.05, 4.69) is 20.9 Å². The first-order chi connectivity index (χ1) is 17.0. The lowest BCUT2D eigenvalue weighted by Crippen LogP contribution is -2.48. The van der Waals surface area contributed by atoms with E-state index >= 15 is 0 Å². The van der Waals surface area contributed by atoms with Crippen molar-refractivity contribution >= 4 is 35.0 Å². The minimum atomic E-state index is -1.54. The first-order valence-electron chi connectivity index (χ1n) is 10.4. The molecule has 14 heteroatoms. The third-order valence-corrected chi connectivity index (χ3v) is 6.02. The van der Waals surface area contributed by atoms with Crippen molar-refractivity contribution in [3.8, 4) is 5.75 Å². The number of benzene rings is 1. The highest BCUT2D eigenvalue weighted by molar-refractivity contribution is 7.16. The predicted molar refractivity (Wildman–Crippen MR) is 127 cm³/mol. The van der Waals surface area contributed by atoms with Crippen molar-refractivity contribution in [1.29, 1.82) is 0 Å². The smallest absolute Gasteiger partial charge is 0.328 e. The van der Waals surface area contributed by atoms with E-state index in [-0.39, 0.29) is 27.7 Å². The Labute approximate surface area is 206 Å². The summed E-state index contributed by atoms with van der Waals surface area (Å²) >= 11 is 0.860. The van der Waals surface area contributed by atoms with Crippen LogP contribution in [0, 0.1) is 6.92 Å². The molecule has 0 saturated heterocycles. The van der Waals surface area contributed by atoms with Crippen LogP contribution in [-0.2, 0) is 11.3 Å². The van der Waals surface area contributed by atoms with E-state index in [0.29, 0.717) is 11.1 Å². The highest BCUT2D eigenvalue weighted by Crippen LogP contribution is 2.22. The highest BCUT2D eigenvalue weighted by atomic mass is 32.1. The number of aromatic nitrogens is 2. The third kappa shape index (κ3) is 6.66. The van der Waals surface area contributed by atoms with Gasteiger partial charge < -0.3 is 31.1 Å². The summed E-state index contributed by atoms with van der Waals surface area (Å²) in [5.74, 6) is -3.53. The molecule has 0 spiro atoms. The molecule has 0 aliphatic heterocycles. The molecule has 1 aromatic carbocycles. The number of carbonyl (C=O) groups is 4. The van der Waals surface area contributed by atoms with E-state index in [1.807, 2.05) is 4.98 Å². The van der Waals surface area contributed by atoms with Gasteiger partial charge >= 0.3 is 11.7 Å². The minimum Gasteiger partial charge on any atom is -0.508 e. The number of carbonyl (C=O) groups excluding carboxylic acids is 3. The normalized spacial score (nSPS) is 11.4. The number of aryl methyl sites for hydroxylation is 1. The number of amides is 3. The average molecular weight is 516 g/mol. The first-order valence-corrected chi connectivity index (χ1v) is 11.2. The van der Waals surface area contributed by atoms with Crippen LogP contribution in [0.3, 0.4) is 0 Å². The van der Waals surface area contributed by atoms with Crippen molar-refractivity contribution in [3.63, 3.8) is 0 Å². The summed E-state index contributed by atoms with van der Waals surface area (Å²) in [6.07, 6.45) is 0. The SMILES string of the molecule is Cc1cc(C(=O)NCc2cccc(O)c2)sc1C(=O)N[C@@H](CNC(=O)c1cc(=O)[nH]c(=O)[nH]1)C(=O)O. The van der Waals surface area contributed by atoms with E-state index in [4.69, 9.17) is 0 Å². The largest absolute Gasteiger partial charge is 0.508 e. The summed E-state index contributed by atoms with van der Waals surface area (Å²) in [6.45, 7) is 1.18. The van der Waals surface area contributed by atoms with Gasteiger partial charge in [0, 0.05) is 19.2 Å². The number of carboxylic acids is 1. The molecule has 0 unspecified atom stereocenters. The molecule has 0 bridgehead atoms. The molecule has 2 heterocycles. The Kier molecular flexibility index (Phi) is 8.01. The molecule has 36 heavy (non-hydrogen) atoms. The van der Waals surface area contributed by atoms with Gasteiger partial charge in [0.2, 0.25) is 0 Å². The Morgan fingerprint density at radius 1 is 1.00 bits per heavy atom. The van der Waals surface area contributed by atoms with Crippen molar-refractivity contribution in [3.05, 3.63) is 83.8 Å². The zero-order valence-electron chi connectivity index (χ0n) is 18.7. The average Bonchev–Trinajstić information content (AvgIpc) is 3.21. The number of rotatable bonds is 9. The van der Waals surface area contributed by atoms with Gasteiger partial charge in [-0.25, -0.2) is 9.59 Å². The number of thiophene rings is 1. The van der Waals surface area contributed by atoms with Gasteiger partial charge in [0.25, 0.3) is 23.3 Å². The van der Waals surface area contributed by atoms with Gasteiger partial charge in [0.1, 0.15) is 17.5 Å². The van der Waals surface area contributed by atoms with Gasteiger partial charge in [-0.3, -0.25) is 24.2 Å². The molecular formula is C22H21N5O8S. The molecule has 3 amide bonds. The molecule has 1 atom stereocenters. The highest BCUT2D eigenvalue weighted by Gasteiger charge is 2.25. The van der Waals surface area contributed by atoms with Crippen LogP contribution in [0.15, 0.2) is 46.0 Å². The maximum absolute atomic E-state index is 12.7. The molecule has 0 radical (unpaired) electrons. The predicted octanol–water partition coefficient (Wildman–Crippen LogP) is -0.318. The number of phenolic OH excluding ortho intramolecular Hbond substituents is 1. The number of aromatic hydroxyl groups is 1. The number of aromatic amines is 2. The summed E-state index contributed by atoms with van der Waals surface area (Å²) in [7, 11) is 0. The van der Waals surface area contributed by atoms with Crippen LogP contribution in [0.25, 0.3) is 0 Å². The lowest BCUT2D eigenvalue weighted by molar-refractivity contribution is -0.139. The van der Waals surface area contributed by atoms with E-state index in [1.54, 1.807) is 19.1 Å². The zero-order chi connectivity index (χ0) is 26.4. The van der Waals surface area contributed by atoms with Crippen molar-refractivity contribution in [1.82, 2.24) is 25.9 Å². The Morgan fingerprint density at radius 2 is 1.75 bits per heavy atom. The monoisotopic (exact) mass is 515 g/mol. The van der Waals surface area contributed by atoms with Gasteiger partial charge in [0.15, 0.2) is 0 Å². The second kappa shape index (κ2) is 11.1. The third-order valence-electron chi connectivity index (χ3n) is 4.79. The minimum absolute atomic E-state index is 0.0579. The number of phenols is 1. The van der Waals surface area contributed by atoms with Crippen molar-refractivity contribution in [2.24, 2.45) is 0 Å². The molecular weight excluding hydrogens is 494 g/mol. The molecule has 0 aliphatic carbocycles. The lowest BCUT2D eigenvalue weighted by atomic mass is 10.2. The number of hydrogen-bond donors (Lipinski definition) is 7. The first kappa shape index (κ1) is 25.9. The van der Waals surface area contributed by atoms with Crippen LogP contribution in [0.2, 0.25) is 0 Å². The van der Waals surface area contributed by atoms with E-state index in [9.17, 15) is 39.0 Å². The van der Waals surface area contributed by atoms with Gasteiger partial charge in [-0.15, -0.1) is 11.3 Å². The maximum Gasteiger partial charge on any atom is 0.328 e.